The van der Waals surface area contributed by atoms with Crippen molar-refractivity contribution in [2.75, 3.05) is 11.5 Å². The fourth-order valence-corrected chi connectivity index (χ4v) is 5.15. The van der Waals surface area contributed by atoms with E-state index in [0.717, 1.165) is 5.56 Å². The highest BCUT2D eigenvalue weighted by atomic mass is 32.2. The predicted octanol–water partition coefficient (Wildman–Crippen LogP) is 2.99. The van der Waals surface area contributed by atoms with Gasteiger partial charge in [0.05, 0.1) is 29.9 Å². The van der Waals surface area contributed by atoms with E-state index in [9.17, 15) is 13.2 Å². The summed E-state index contributed by atoms with van der Waals surface area (Å²) in [6.07, 6.45) is 2.01. The molecule has 2 aromatic heterocycles. The molecule has 2 atom stereocenters. The molecule has 1 fully saturated rings. The third kappa shape index (κ3) is 3.73. The molecule has 0 aliphatic carbocycles. The zero-order chi connectivity index (χ0) is 19.7. The zero-order valence-corrected chi connectivity index (χ0v) is 16.2. The number of hydrogen-bond acceptors (Lipinski definition) is 5. The van der Waals surface area contributed by atoms with E-state index < -0.39 is 9.84 Å². The summed E-state index contributed by atoms with van der Waals surface area (Å²) in [7, 11) is -3.09. The summed E-state index contributed by atoms with van der Waals surface area (Å²) in [6.45, 7) is 1.90. The molecule has 28 heavy (non-hydrogen) atoms. The van der Waals surface area contributed by atoms with Crippen LogP contribution in [0, 0.1) is 0 Å². The molecule has 2 unspecified atom stereocenters. The van der Waals surface area contributed by atoms with E-state index in [2.05, 4.69) is 10.4 Å². The van der Waals surface area contributed by atoms with Crippen LogP contribution in [0.3, 0.4) is 0 Å². The fourth-order valence-electron chi connectivity index (χ4n) is 3.46. The molecule has 4 rings (SSSR count). The van der Waals surface area contributed by atoms with E-state index >= 15 is 0 Å². The molecular formula is C20H21N3O4S. The molecule has 8 heteroatoms. The van der Waals surface area contributed by atoms with Gasteiger partial charge < -0.3 is 9.73 Å². The molecule has 1 amide bonds. The van der Waals surface area contributed by atoms with Crippen LogP contribution in [0.5, 0.6) is 0 Å². The van der Waals surface area contributed by atoms with Crippen molar-refractivity contribution >= 4 is 15.7 Å². The number of amides is 1. The Kier molecular flexibility index (Phi) is 4.80. The number of hydrogen-bond donors (Lipinski definition) is 1. The molecule has 0 bridgehead atoms. The topological polar surface area (TPSA) is 94.2 Å². The average molecular weight is 399 g/mol. The Bertz CT molecular complexity index is 1070. The van der Waals surface area contributed by atoms with Crippen molar-refractivity contribution in [2.24, 2.45) is 0 Å². The molecule has 1 N–H and O–H groups in total. The fraction of sp³-hybridized carbons (Fsp3) is 0.300. The smallest absolute Gasteiger partial charge is 0.272 e. The van der Waals surface area contributed by atoms with Crippen molar-refractivity contribution < 1.29 is 17.6 Å². The third-order valence-corrected chi connectivity index (χ3v) is 6.69. The van der Waals surface area contributed by atoms with Gasteiger partial charge in [0.15, 0.2) is 21.3 Å². The Hall–Kier alpha value is -2.87. The summed E-state index contributed by atoms with van der Waals surface area (Å²) < 4.78 is 30.9. The van der Waals surface area contributed by atoms with Gasteiger partial charge in [-0.2, -0.15) is 5.10 Å². The van der Waals surface area contributed by atoms with Gasteiger partial charge in [0.25, 0.3) is 5.91 Å². The highest BCUT2D eigenvalue weighted by Crippen LogP contribution is 2.30. The second kappa shape index (κ2) is 7.27. The van der Waals surface area contributed by atoms with Gasteiger partial charge >= 0.3 is 0 Å². The molecule has 7 nitrogen and oxygen atoms in total. The molecule has 0 saturated carbocycles. The molecular weight excluding hydrogens is 378 g/mol. The molecule has 146 valence electrons. The van der Waals surface area contributed by atoms with Crippen molar-refractivity contribution in [3.05, 3.63) is 66.1 Å². The molecule has 1 aliphatic rings. The van der Waals surface area contributed by atoms with E-state index in [0.29, 0.717) is 17.9 Å². The molecule has 0 spiro atoms. The summed E-state index contributed by atoms with van der Waals surface area (Å²) in [5, 5.41) is 7.38. The number of carbonyl (C=O) groups is 1. The molecule has 1 saturated heterocycles. The second-order valence-corrected chi connectivity index (χ2v) is 9.23. The van der Waals surface area contributed by atoms with Crippen LogP contribution >= 0.6 is 0 Å². The number of rotatable bonds is 5. The van der Waals surface area contributed by atoms with Gasteiger partial charge in [-0.05, 0) is 31.0 Å². The Balaban J connectivity index is 1.63. The number of aromatic nitrogens is 2. The Morgan fingerprint density at radius 2 is 2.04 bits per heavy atom. The molecule has 3 aromatic rings. The van der Waals surface area contributed by atoms with E-state index in [4.69, 9.17) is 4.42 Å². The van der Waals surface area contributed by atoms with Crippen molar-refractivity contribution in [1.82, 2.24) is 15.1 Å². The first-order valence-corrected chi connectivity index (χ1v) is 10.9. The van der Waals surface area contributed by atoms with Crippen molar-refractivity contribution in [1.29, 1.82) is 0 Å². The van der Waals surface area contributed by atoms with E-state index in [-0.39, 0.29) is 35.2 Å². The lowest BCUT2D eigenvalue weighted by Gasteiger charge is -2.13. The minimum absolute atomic E-state index is 0.0177. The largest absolute Gasteiger partial charge is 0.463 e. The van der Waals surface area contributed by atoms with Crippen LogP contribution in [0.15, 0.2) is 59.2 Å². The summed E-state index contributed by atoms with van der Waals surface area (Å²) in [4.78, 5) is 12.8. The normalized spacial score (nSPS) is 19.4. The van der Waals surface area contributed by atoms with Crippen molar-refractivity contribution in [3.63, 3.8) is 0 Å². The maximum Gasteiger partial charge on any atom is 0.272 e. The van der Waals surface area contributed by atoms with Crippen LogP contribution in [0.4, 0.5) is 0 Å². The standard InChI is InChI=1S/C20H21N3O4S/c1-14(15-6-3-2-4-7-15)21-20(24)17-12-18(19-8-5-10-27-19)23(22-17)16-9-11-28(25,26)13-16/h2-8,10,12,14,16H,9,11,13H2,1H3,(H,21,24). The van der Waals surface area contributed by atoms with Crippen LogP contribution < -0.4 is 5.32 Å². The lowest BCUT2D eigenvalue weighted by Crippen LogP contribution is -2.27. The lowest BCUT2D eigenvalue weighted by atomic mass is 10.1. The van der Waals surface area contributed by atoms with E-state index in [1.165, 1.54) is 6.26 Å². The van der Waals surface area contributed by atoms with Gasteiger partial charge in [-0.15, -0.1) is 0 Å². The predicted molar refractivity (Wildman–Crippen MR) is 105 cm³/mol. The summed E-state index contributed by atoms with van der Waals surface area (Å²) in [6, 6.07) is 14.3. The van der Waals surface area contributed by atoms with Gasteiger partial charge in [0.1, 0.15) is 5.69 Å². The average Bonchev–Trinajstić information content (AvgIpc) is 3.40. The number of nitrogens with zero attached hydrogens (tertiary/aromatic N) is 2. The Morgan fingerprint density at radius 1 is 1.25 bits per heavy atom. The van der Waals surface area contributed by atoms with Crippen molar-refractivity contribution in [3.8, 4) is 11.5 Å². The first-order chi connectivity index (χ1) is 13.4. The van der Waals surface area contributed by atoms with Crippen LogP contribution in [0.2, 0.25) is 0 Å². The van der Waals surface area contributed by atoms with E-state index in [1.54, 1.807) is 22.9 Å². The molecule has 1 aliphatic heterocycles. The molecule has 3 heterocycles. The molecule has 1 aromatic carbocycles. The zero-order valence-electron chi connectivity index (χ0n) is 15.4. The minimum atomic E-state index is -3.09. The number of sulfone groups is 1. The van der Waals surface area contributed by atoms with Gasteiger partial charge in [-0.3, -0.25) is 9.48 Å². The highest BCUT2D eigenvalue weighted by molar-refractivity contribution is 7.91. The monoisotopic (exact) mass is 399 g/mol. The lowest BCUT2D eigenvalue weighted by molar-refractivity contribution is 0.0933. The number of benzene rings is 1. The number of carbonyl (C=O) groups excluding carboxylic acids is 1. The van der Waals surface area contributed by atoms with Crippen molar-refractivity contribution in [2.45, 2.75) is 25.4 Å². The Labute approximate surface area is 163 Å². The van der Waals surface area contributed by atoms with Crippen LogP contribution in [0.1, 0.15) is 41.5 Å². The maximum absolute atomic E-state index is 12.8. The number of furan rings is 1. The Morgan fingerprint density at radius 3 is 2.68 bits per heavy atom. The summed E-state index contributed by atoms with van der Waals surface area (Å²) >= 11 is 0. The summed E-state index contributed by atoms with van der Waals surface area (Å²) in [5.74, 6) is 0.377. The highest BCUT2D eigenvalue weighted by Gasteiger charge is 2.32. The SMILES string of the molecule is CC(NC(=O)c1cc(-c2ccco2)n(C2CCS(=O)(=O)C2)n1)c1ccccc1. The van der Waals surface area contributed by atoms with Gasteiger partial charge in [0.2, 0.25) is 0 Å². The van der Waals surface area contributed by atoms with Gasteiger partial charge in [-0.1, -0.05) is 30.3 Å². The minimum Gasteiger partial charge on any atom is -0.463 e. The van der Waals surface area contributed by atoms with Gasteiger partial charge in [-0.25, -0.2) is 8.42 Å². The first-order valence-electron chi connectivity index (χ1n) is 9.12. The number of nitrogens with one attached hydrogen (secondary N) is 1. The van der Waals surface area contributed by atoms with Crippen LogP contribution in [0.25, 0.3) is 11.5 Å². The van der Waals surface area contributed by atoms with Gasteiger partial charge in [0, 0.05) is 6.07 Å². The second-order valence-electron chi connectivity index (χ2n) is 7.00. The molecule has 0 radical (unpaired) electrons. The van der Waals surface area contributed by atoms with Crippen LogP contribution in [-0.2, 0) is 9.84 Å². The quantitative estimate of drug-likeness (QED) is 0.712. The third-order valence-electron chi connectivity index (χ3n) is 4.94. The maximum atomic E-state index is 12.8. The van der Waals surface area contributed by atoms with E-state index in [1.807, 2.05) is 37.3 Å². The summed E-state index contributed by atoms with van der Waals surface area (Å²) in [5.41, 5.74) is 1.83. The van der Waals surface area contributed by atoms with Crippen LogP contribution in [-0.4, -0.2) is 35.6 Å². The first kappa shape index (κ1) is 18.5.